The van der Waals surface area contributed by atoms with Crippen LogP contribution >= 0.6 is 0 Å². The van der Waals surface area contributed by atoms with Gasteiger partial charge < -0.3 is 10.1 Å². The van der Waals surface area contributed by atoms with E-state index in [1.165, 1.54) is 32.1 Å². The molecule has 0 aliphatic carbocycles. The van der Waals surface area contributed by atoms with Gasteiger partial charge in [-0.05, 0) is 41.8 Å². The predicted molar refractivity (Wildman–Crippen MR) is 145 cm³/mol. The Morgan fingerprint density at radius 2 is 1.57 bits per heavy atom. The number of amides is 1. The van der Waals surface area contributed by atoms with E-state index in [1.807, 2.05) is 30.3 Å². The Hall–Kier alpha value is -4.00. The van der Waals surface area contributed by atoms with Gasteiger partial charge in [0.1, 0.15) is 17.1 Å². The molecular weight excluding hydrogens is 462 g/mol. The zero-order chi connectivity index (χ0) is 25.5. The van der Waals surface area contributed by atoms with Crippen LogP contribution < -0.4 is 10.1 Å². The Kier molecular flexibility index (Phi) is 7.89. The van der Waals surface area contributed by atoms with Crippen molar-refractivity contribution in [3.05, 3.63) is 72.6 Å². The van der Waals surface area contributed by atoms with Crippen LogP contribution in [0.3, 0.4) is 0 Å². The fraction of sp³-hybridized carbons (Fsp3) is 0.333. The first-order valence-corrected chi connectivity index (χ1v) is 13.2. The van der Waals surface area contributed by atoms with Gasteiger partial charge in [0.25, 0.3) is 5.91 Å². The van der Waals surface area contributed by atoms with E-state index in [9.17, 15) is 4.79 Å². The number of hydrogen-bond donors (Lipinski definition) is 1. The van der Waals surface area contributed by atoms with Gasteiger partial charge in [-0.3, -0.25) is 9.48 Å². The van der Waals surface area contributed by atoms with E-state index in [1.54, 1.807) is 16.9 Å². The molecule has 0 radical (unpaired) electrons. The van der Waals surface area contributed by atoms with Crippen molar-refractivity contribution in [2.75, 3.05) is 13.2 Å². The van der Waals surface area contributed by atoms with Crippen LogP contribution in [0.15, 0.2) is 66.9 Å². The Labute approximate surface area is 217 Å². The number of carbonyl (C=O) groups is 1. The summed E-state index contributed by atoms with van der Waals surface area (Å²) in [6, 6.07) is 20.1. The average Bonchev–Trinajstić information content (AvgIpc) is 3.39. The van der Waals surface area contributed by atoms with Crippen molar-refractivity contribution < 1.29 is 9.53 Å². The summed E-state index contributed by atoms with van der Waals surface area (Å²) < 4.78 is 7.65. The summed E-state index contributed by atoms with van der Waals surface area (Å²) >= 11 is 0. The molecule has 0 unspecified atom stereocenters. The lowest BCUT2D eigenvalue weighted by atomic mass is 10.0. The molecule has 1 aliphatic heterocycles. The predicted octanol–water partition coefficient (Wildman–Crippen LogP) is 6.16. The molecule has 1 aliphatic rings. The van der Waals surface area contributed by atoms with E-state index in [2.05, 4.69) is 46.6 Å². The smallest absolute Gasteiger partial charge is 0.269 e. The summed E-state index contributed by atoms with van der Waals surface area (Å²) in [5.41, 5.74) is 5.10. The lowest BCUT2D eigenvalue weighted by Crippen LogP contribution is -2.35. The number of nitrogens with zero attached hydrogens (tertiary/aromatic N) is 4. The first-order chi connectivity index (χ1) is 18.2. The molecule has 190 valence electrons. The standard InChI is InChI=1S/C30H33N5O2/c1-2-3-4-5-6-7-20-37-25-14-12-23(13-15-25)22-8-10-24(11-9-22)29-31-17-16-26(33-29)27-21-28-30(36)32-18-19-35(28)34-27/h8-17,21H,2-7,18-20H2,1H3,(H,32,36). The van der Waals surface area contributed by atoms with E-state index >= 15 is 0 Å². The fourth-order valence-electron chi connectivity index (χ4n) is 4.53. The third kappa shape index (κ3) is 6.05. The van der Waals surface area contributed by atoms with E-state index in [4.69, 9.17) is 9.72 Å². The van der Waals surface area contributed by atoms with Gasteiger partial charge in [0, 0.05) is 18.3 Å². The Morgan fingerprint density at radius 1 is 0.865 bits per heavy atom. The summed E-state index contributed by atoms with van der Waals surface area (Å²) in [6.07, 6.45) is 9.31. The number of nitrogens with one attached hydrogen (secondary N) is 1. The molecule has 0 saturated carbocycles. The normalized spacial score (nSPS) is 12.7. The third-order valence-corrected chi connectivity index (χ3v) is 6.64. The van der Waals surface area contributed by atoms with Gasteiger partial charge in [0.15, 0.2) is 5.82 Å². The van der Waals surface area contributed by atoms with Crippen molar-refractivity contribution in [2.45, 2.75) is 52.0 Å². The summed E-state index contributed by atoms with van der Waals surface area (Å²) in [7, 11) is 0. The summed E-state index contributed by atoms with van der Waals surface area (Å²) in [6.45, 7) is 4.26. The number of benzene rings is 2. The molecular formula is C30H33N5O2. The number of hydrogen-bond acceptors (Lipinski definition) is 5. The van der Waals surface area contributed by atoms with E-state index in [0.29, 0.717) is 36.0 Å². The highest BCUT2D eigenvalue weighted by Crippen LogP contribution is 2.26. The molecule has 0 atom stereocenters. The molecule has 7 heteroatoms. The number of rotatable bonds is 11. The molecule has 0 fully saturated rings. The van der Waals surface area contributed by atoms with Crippen LogP contribution in [-0.2, 0) is 6.54 Å². The zero-order valence-corrected chi connectivity index (χ0v) is 21.3. The Bertz CT molecular complexity index is 1330. The first-order valence-electron chi connectivity index (χ1n) is 13.2. The molecule has 0 spiro atoms. The quantitative estimate of drug-likeness (QED) is 0.252. The molecule has 7 nitrogen and oxygen atoms in total. The second-order valence-corrected chi connectivity index (χ2v) is 9.38. The van der Waals surface area contributed by atoms with Gasteiger partial charge in [-0.1, -0.05) is 75.4 Å². The highest BCUT2D eigenvalue weighted by atomic mass is 16.5. The van der Waals surface area contributed by atoms with Gasteiger partial charge in [-0.15, -0.1) is 0 Å². The van der Waals surface area contributed by atoms with Crippen molar-refractivity contribution in [2.24, 2.45) is 0 Å². The monoisotopic (exact) mass is 495 g/mol. The van der Waals surface area contributed by atoms with Crippen LogP contribution in [0.25, 0.3) is 33.9 Å². The summed E-state index contributed by atoms with van der Waals surface area (Å²) in [5, 5.41) is 7.40. The van der Waals surface area contributed by atoms with Crippen LogP contribution in [0.5, 0.6) is 5.75 Å². The topological polar surface area (TPSA) is 81.9 Å². The molecule has 1 amide bonds. The minimum Gasteiger partial charge on any atom is -0.494 e. The number of ether oxygens (including phenoxy) is 1. The molecule has 4 aromatic rings. The van der Waals surface area contributed by atoms with Crippen LogP contribution in [0.1, 0.15) is 55.9 Å². The molecule has 3 heterocycles. The van der Waals surface area contributed by atoms with Crippen molar-refractivity contribution in [3.8, 4) is 39.7 Å². The molecule has 5 rings (SSSR count). The average molecular weight is 496 g/mol. The van der Waals surface area contributed by atoms with E-state index in [0.717, 1.165) is 35.5 Å². The molecule has 1 N–H and O–H groups in total. The number of unbranched alkanes of at least 4 members (excludes halogenated alkanes) is 5. The number of fused-ring (bicyclic) bond motifs is 1. The molecule has 2 aromatic carbocycles. The van der Waals surface area contributed by atoms with Crippen LogP contribution in [0.4, 0.5) is 0 Å². The Balaban J connectivity index is 1.21. The van der Waals surface area contributed by atoms with Gasteiger partial charge in [0.05, 0.1) is 18.8 Å². The van der Waals surface area contributed by atoms with Crippen LogP contribution in [-0.4, -0.2) is 38.8 Å². The van der Waals surface area contributed by atoms with Gasteiger partial charge in [0.2, 0.25) is 0 Å². The maximum atomic E-state index is 12.1. The molecule has 2 aromatic heterocycles. The lowest BCUT2D eigenvalue weighted by Gasteiger charge is -2.13. The lowest BCUT2D eigenvalue weighted by molar-refractivity contribution is 0.0924. The van der Waals surface area contributed by atoms with Crippen molar-refractivity contribution in [1.29, 1.82) is 0 Å². The summed E-state index contributed by atoms with van der Waals surface area (Å²) in [5.74, 6) is 1.43. The SMILES string of the molecule is CCCCCCCCOc1ccc(-c2ccc(-c3nccc(-c4cc5n(n4)CCNC5=O)n3)cc2)cc1. The second kappa shape index (κ2) is 11.8. The van der Waals surface area contributed by atoms with Crippen molar-refractivity contribution in [1.82, 2.24) is 25.1 Å². The fourth-order valence-corrected chi connectivity index (χ4v) is 4.53. The summed E-state index contributed by atoms with van der Waals surface area (Å²) in [4.78, 5) is 21.3. The largest absolute Gasteiger partial charge is 0.494 e. The van der Waals surface area contributed by atoms with Crippen LogP contribution in [0.2, 0.25) is 0 Å². The highest BCUT2D eigenvalue weighted by Gasteiger charge is 2.20. The minimum absolute atomic E-state index is 0.104. The zero-order valence-electron chi connectivity index (χ0n) is 21.3. The molecule has 0 saturated heterocycles. The van der Waals surface area contributed by atoms with Gasteiger partial charge in [-0.2, -0.15) is 5.10 Å². The van der Waals surface area contributed by atoms with Gasteiger partial charge in [-0.25, -0.2) is 9.97 Å². The van der Waals surface area contributed by atoms with Crippen molar-refractivity contribution >= 4 is 5.91 Å². The molecule has 37 heavy (non-hydrogen) atoms. The first kappa shape index (κ1) is 24.7. The maximum Gasteiger partial charge on any atom is 0.269 e. The van der Waals surface area contributed by atoms with Crippen molar-refractivity contribution in [3.63, 3.8) is 0 Å². The second-order valence-electron chi connectivity index (χ2n) is 9.38. The number of aromatic nitrogens is 4. The highest BCUT2D eigenvalue weighted by molar-refractivity contribution is 5.94. The molecule has 0 bridgehead atoms. The third-order valence-electron chi connectivity index (χ3n) is 6.64. The van der Waals surface area contributed by atoms with Gasteiger partial charge >= 0.3 is 0 Å². The van der Waals surface area contributed by atoms with E-state index < -0.39 is 0 Å². The minimum atomic E-state index is -0.104. The maximum absolute atomic E-state index is 12.1. The number of carbonyl (C=O) groups excluding carboxylic acids is 1. The van der Waals surface area contributed by atoms with E-state index in [-0.39, 0.29) is 5.91 Å². The van der Waals surface area contributed by atoms with Crippen LogP contribution in [0, 0.1) is 0 Å². The Morgan fingerprint density at radius 3 is 2.32 bits per heavy atom.